The van der Waals surface area contributed by atoms with Crippen molar-refractivity contribution in [1.82, 2.24) is 5.32 Å². The highest BCUT2D eigenvalue weighted by Gasteiger charge is 2.19. The average Bonchev–Trinajstić information content (AvgIpc) is 2.47. The number of carboxylic acid groups (broad SMARTS) is 1. The fraction of sp³-hybridized carbons (Fsp3) is 0.529. The fourth-order valence-electron chi connectivity index (χ4n) is 2.15. The Bertz CT molecular complexity index is 519. The van der Waals surface area contributed by atoms with E-state index < -0.39 is 11.9 Å². The molecule has 0 aromatic heterocycles. The van der Waals surface area contributed by atoms with Gasteiger partial charge in [0.15, 0.2) is 0 Å². The summed E-state index contributed by atoms with van der Waals surface area (Å²) in [6.07, 6.45) is 1.24. The van der Waals surface area contributed by atoms with Crippen LogP contribution in [0.4, 0.5) is 4.39 Å². The van der Waals surface area contributed by atoms with Gasteiger partial charge < -0.3 is 15.2 Å². The maximum absolute atomic E-state index is 12.9. The van der Waals surface area contributed by atoms with Crippen molar-refractivity contribution in [3.8, 4) is 5.75 Å². The summed E-state index contributed by atoms with van der Waals surface area (Å²) in [6.45, 7) is 4.32. The fourth-order valence-corrected chi connectivity index (χ4v) is 2.15. The van der Waals surface area contributed by atoms with Crippen molar-refractivity contribution in [2.45, 2.75) is 33.1 Å². The molecule has 6 heteroatoms. The van der Waals surface area contributed by atoms with Gasteiger partial charge in [-0.25, -0.2) is 4.39 Å². The Kier molecular flexibility index (Phi) is 8.08. The highest BCUT2D eigenvalue weighted by molar-refractivity contribution is 5.77. The molecule has 0 aliphatic carbocycles. The van der Waals surface area contributed by atoms with Crippen LogP contribution in [0.5, 0.6) is 5.75 Å². The number of carboxylic acids is 1. The number of hydrogen-bond donors (Lipinski definition) is 2. The molecule has 0 spiro atoms. The molecule has 1 unspecified atom stereocenters. The molecule has 0 saturated heterocycles. The zero-order chi connectivity index (χ0) is 17.2. The first-order valence-corrected chi connectivity index (χ1v) is 7.76. The van der Waals surface area contributed by atoms with Crippen LogP contribution in [0.15, 0.2) is 24.3 Å². The number of aliphatic carboxylic acids is 1. The highest BCUT2D eigenvalue weighted by atomic mass is 19.1. The predicted octanol–water partition coefficient (Wildman–Crippen LogP) is 2.85. The molecular formula is C17H24FNO4. The second-order valence-corrected chi connectivity index (χ2v) is 5.88. The lowest BCUT2D eigenvalue weighted by Crippen LogP contribution is -2.33. The molecule has 1 aromatic rings. The van der Waals surface area contributed by atoms with Crippen LogP contribution in [0.25, 0.3) is 0 Å². The number of carbonyl (C=O) groups excluding carboxylic acids is 1. The summed E-state index contributed by atoms with van der Waals surface area (Å²) in [5.41, 5.74) is 0. The minimum atomic E-state index is -0.895. The second-order valence-electron chi connectivity index (χ2n) is 5.88. The Morgan fingerprint density at radius 1 is 1.35 bits per heavy atom. The molecule has 0 saturated carbocycles. The summed E-state index contributed by atoms with van der Waals surface area (Å²) in [5, 5.41) is 11.7. The molecule has 2 N–H and O–H groups in total. The van der Waals surface area contributed by atoms with E-state index in [9.17, 15) is 14.0 Å². The topological polar surface area (TPSA) is 75.6 Å². The Labute approximate surface area is 135 Å². The first kappa shape index (κ1) is 18.9. The van der Waals surface area contributed by atoms with Crippen LogP contribution in [0.1, 0.15) is 33.1 Å². The number of halogens is 1. The summed E-state index contributed by atoms with van der Waals surface area (Å²) in [7, 11) is 0. The summed E-state index contributed by atoms with van der Waals surface area (Å²) < 4.78 is 18.3. The van der Waals surface area contributed by atoms with Crippen molar-refractivity contribution < 1.29 is 23.8 Å². The van der Waals surface area contributed by atoms with E-state index in [0.29, 0.717) is 25.2 Å². The number of rotatable bonds is 10. The molecule has 128 valence electrons. The lowest BCUT2D eigenvalue weighted by atomic mass is 9.97. The van der Waals surface area contributed by atoms with Crippen molar-refractivity contribution in [3.63, 3.8) is 0 Å². The maximum Gasteiger partial charge on any atom is 0.308 e. The number of nitrogens with one attached hydrogen (secondary N) is 1. The lowest BCUT2D eigenvalue weighted by molar-refractivity contribution is -0.142. The minimum absolute atomic E-state index is 0.136. The third-order valence-corrected chi connectivity index (χ3v) is 3.26. The summed E-state index contributed by atoms with van der Waals surface area (Å²) in [5.74, 6) is -1.36. The maximum atomic E-state index is 12.9. The van der Waals surface area contributed by atoms with E-state index in [1.807, 2.05) is 13.8 Å². The standard InChI is InChI=1S/C17H24FNO4/c1-12(2)9-13(17(21)22)11-19-16(20)7-4-8-23-15-6-3-5-14(18)10-15/h3,5-6,10,12-13H,4,7-9,11H2,1-2H3,(H,19,20)(H,21,22). The van der Waals surface area contributed by atoms with Gasteiger partial charge in [-0.2, -0.15) is 0 Å². The van der Waals surface area contributed by atoms with Gasteiger partial charge in [0.05, 0.1) is 12.5 Å². The second kappa shape index (κ2) is 9.82. The third kappa shape index (κ3) is 8.18. The van der Waals surface area contributed by atoms with E-state index >= 15 is 0 Å². The van der Waals surface area contributed by atoms with Gasteiger partial charge in [0, 0.05) is 19.0 Å². The van der Waals surface area contributed by atoms with Crippen LogP contribution in [0, 0.1) is 17.7 Å². The van der Waals surface area contributed by atoms with E-state index in [2.05, 4.69) is 5.32 Å². The smallest absolute Gasteiger partial charge is 0.308 e. The minimum Gasteiger partial charge on any atom is -0.493 e. The van der Waals surface area contributed by atoms with Gasteiger partial charge in [0.1, 0.15) is 11.6 Å². The predicted molar refractivity (Wildman–Crippen MR) is 84.7 cm³/mol. The largest absolute Gasteiger partial charge is 0.493 e. The molecule has 1 amide bonds. The van der Waals surface area contributed by atoms with Crippen LogP contribution in [0.2, 0.25) is 0 Å². The molecule has 0 fully saturated rings. The highest BCUT2D eigenvalue weighted by Crippen LogP contribution is 2.13. The molecule has 0 radical (unpaired) electrons. The number of carbonyl (C=O) groups is 2. The lowest BCUT2D eigenvalue weighted by Gasteiger charge is -2.15. The zero-order valence-corrected chi connectivity index (χ0v) is 13.5. The van der Waals surface area contributed by atoms with Gasteiger partial charge in [-0.1, -0.05) is 19.9 Å². The molecule has 1 rings (SSSR count). The van der Waals surface area contributed by atoms with E-state index in [1.54, 1.807) is 12.1 Å². The monoisotopic (exact) mass is 325 g/mol. The van der Waals surface area contributed by atoms with E-state index in [-0.39, 0.29) is 30.6 Å². The van der Waals surface area contributed by atoms with Gasteiger partial charge >= 0.3 is 5.97 Å². The number of benzene rings is 1. The molecule has 0 aliphatic rings. The van der Waals surface area contributed by atoms with Crippen molar-refractivity contribution >= 4 is 11.9 Å². The van der Waals surface area contributed by atoms with E-state index in [4.69, 9.17) is 9.84 Å². The molecule has 1 aromatic carbocycles. The molecule has 0 bridgehead atoms. The zero-order valence-electron chi connectivity index (χ0n) is 13.5. The van der Waals surface area contributed by atoms with Crippen LogP contribution in [-0.2, 0) is 9.59 Å². The molecule has 5 nitrogen and oxygen atoms in total. The van der Waals surface area contributed by atoms with Gasteiger partial charge in [-0.05, 0) is 30.9 Å². The molecule has 0 aliphatic heterocycles. The van der Waals surface area contributed by atoms with E-state index in [0.717, 1.165) is 0 Å². The number of hydrogen-bond acceptors (Lipinski definition) is 3. The summed E-state index contributed by atoms with van der Waals surface area (Å²) in [6, 6.07) is 5.81. The first-order valence-electron chi connectivity index (χ1n) is 7.76. The van der Waals surface area contributed by atoms with Crippen LogP contribution < -0.4 is 10.1 Å². The van der Waals surface area contributed by atoms with Crippen molar-refractivity contribution in [2.75, 3.05) is 13.2 Å². The van der Waals surface area contributed by atoms with Gasteiger partial charge in [0.25, 0.3) is 0 Å². The van der Waals surface area contributed by atoms with Gasteiger partial charge in [0.2, 0.25) is 5.91 Å². The van der Waals surface area contributed by atoms with Gasteiger partial charge in [-0.15, -0.1) is 0 Å². The normalized spacial score (nSPS) is 12.0. The van der Waals surface area contributed by atoms with Crippen molar-refractivity contribution in [3.05, 3.63) is 30.1 Å². The molecule has 1 atom stereocenters. The molecular weight excluding hydrogens is 301 g/mol. The van der Waals surface area contributed by atoms with Crippen LogP contribution >= 0.6 is 0 Å². The SMILES string of the molecule is CC(C)CC(CNC(=O)CCCOc1cccc(F)c1)C(=O)O. The number of amides is 1. The van der Waals surface area contributed by atoms with Gasteiger partial charge in [-0.3, -0.25) is 9.59 Å². The Hall–Kier alpha value is -2.11. The van der Waals surface area contributed by atoms with Crippen LogP contribution in [0.3, 0.4) is 0 Å². The van der Waals surface area contributed by atoms with E-state index in [1.165, 1.54) is 12.1 Å². The summed E-state index contributed by atoms with van der Waals surface area (Å²) >= 11 is 0. The van der Waals surface area contributed by atoms with Crippen molar-refractivity contribution in [2.24, 2.45) is 11.8 Å². The number of ether oxygens (including phenoxy) is 1. The third-order valence-electron chi connectivity index (χ3n) is 3.26. The Morgan fingerprint density at radius 3 is 2.70 bits per heavy atom. The average molecular weight is 325 g/mol. The van der Waals surface area contributed by atoms with Crippen LogP contribution in [-0.4, -0.2) is 30.1 Å². The Morgan fingerprint density at radius 2 is 2.09 bits per heavy atom. The first-order chi connectivity index (χ1) is 10.9. The Balaban J connectivity index is 2.22. The quantitative estimate of drug-likeness (QED) is 0.649. The molecule has 0 heterocycles. The van der Waals surface area contributed by atoms with Crippen molar-refractivity contribution in [1.29, 1.82) is 0 Å². The summed E-state index contributed by atoms with van der Waals surface area (Å²) in [4.78, 5) is 22.8. The molecule has 23 heavy (non-hydrogen) atoms.